The minimum absolute atomic E-state index is 0.0462. The normalized spacial score (nSPS) is 20.1. The van der Waals surface area contributed by atoms with Crippen LogP contribution in [0.3, 0.4) is 0 Å². The van der Waals surface area contributed by atoms with E-state index in [1.165, 1.54) is 6.07 Å². The van der Waals surface area contributed by atoms with Crippen LogP contribution in [-0.2, 0) is 6.42 Å². The molecule has 1 atom stereocenters. The van der Waals surface area contributed by atoms with Crippen molar-refractivity contribution in [1.82, 2.24) is 5.32 Å². The number of phenolic OH excluding ortho intramolecular Hbond substituents is 1. The van der Waals surface area contributed by atoms with E-state index in [-0.39, 0.29) is 22.7 Å². The number of phenols is 1. The summed E-state index contributed by atoms with van der Waals surface area (Å²) < 4.78 is 0. The van der Waals surface area contributed by atoms with Crippen LogP contribution in [0.1, 0.15) is 22.8 Å². The first kappa shape index (κ1) is 9.34. The van der Waals surface area contributed by atoms with Crippen molar-refractivity contribution in [3.63, 3.8) is 0 Å². The zero-order valence-electron chi connectivity index (χ0n) is 7.67. The first-order valence-corrected chi connectivity index (χ1v) is 4.78. The SMILES string of the molecule is C[C@@H]1Cc2ccc(O)c(Cl)c2C(=O)N1. The predicted octanol–water partition coefficient (Wildman–Crippen LogP) is 1.72. The molecule has 1 heterocycles. The van der Waals surface area contributed by atoms with E-state index in [4.69, 9.17) is 11.6 Å². The molecule has 2 rings (SSSR count). The Morgan fingerprint density at radius 2 is 2.29 bits per heavy atom. The summed E-state index contributed by atoms with van der Waals surface area (Å²) >= 11 is 5.84. The number of fused-ring (bicyclic) bond motifs is 1. The van der Waals surface area contributed by atoms with Gasteiger partial charge in [0.2, 0.25) is 0 Å². The minimum Gasteiger partial charge on any atom is -0.506 e. The molecule has 1 aromatic rings. The van der Waals surface area contributed by atoms with Gasteiger partial charge in [-0.05, 0) is 25.0 Å². The summed E-state index contributed by atoms with van der Waals surface area (Å²) in [5, 5.41) is 12.3. The van der Waals surface area contributed by atoms with Crippen LogP contribution in [0.4, 0.5) is 0 Å². The van der Waals surface area contributed by atoms with Crippen molar-refractivity contribution in [2.24, 2.45) is 0 Å². The molecule has 0 fully saturated rings. The molecule has 0 saturated carbocycles. The molecule has 14 heavy (non-hydrogen) atoms. The summed E-state index contributed by atoms with van der Waals surface area (Å²) in [5.41, 5.74) is 1.30. The van der Waals surface area contributed by atoms with Crippen LogP contribution in [-0.4, -0.2) is 17.1 Å². The number of halogens is 1. The van der Waals surface area contributed by atoms with Gasteiger partial charge in [0.15, 0.2) is 0 Å². The molecule has 0 unspecified atom stereocenters. The molecule has 2 N–H and O–H groups in total. The van der Waals surface area contributed by atoms with E-state index in [1.807, 2.05) is 6.92 Å². The van der Waals surface area contributed by atoms with E-state index in [1.54, 1.807) is 6.07 Å². The highest BCUT2D eigenvalue weighted by molar-refractivity contribution is 6.35. The number of aromatic hydroxyl groups is 1. The van der Waals surface area contributed by atoms with Gasteiger partial charge in [0, 0.05) is 6.04 Å². The topological polar surface area (TPSA) is 49.3 Å². The fourth-order valence-electron chi connectivity index (χ4n) is 1.70. The van der Waals surface area contributed by atoms with Crippen molar-refractivity contribution in [2.45, 2.75) is 19.4 Å². The smallest absolute Gasteiger partial charge is 0.253 e. The monoisotopic (exact) mass is 211 g/mol. The van der Waals surface area contributed by atoms with Crippen LogP contribution in [0.15, 0.2) is 12.1 Å². The van der Waals surface area contributed by atoms with E-state index < -0.39 is 0 Å². The quantitative estimate of drug-likeness (QED) is 0.687. The number of carbonyl (C=O) groups excluding carboxylic acids is 1. The van der Waals surface area contributed by atoms with Gasteiger partial charge in [-0.25, -0.2) is 0 Å². The summed E-state index contributed by atoms with van der Waals surface area (Å²) in [6.45, 7) is 1.93. The molecular weight excluding hydrogens is 202 g/mol. The fraction of sp³-hybridized carbons (Fsp3) is 0.300. The molecule has 1 aromatic carbocycles. The summed E-state index contributed by atoms with van der Waals surface area (Å²) in [7, 11) is 0. The number of benzene rings is 1. The molecule has 4 heteroatoms. The van der Waals surface area contributed by atoms with E-state index in [0.29, 0.717) is 5.56 Å². The Bertz CT molecular complexity index is 403. The standard InChI is InChI=1S/C10H10ClNO2/c1-5-4-6-2-3-7(13)9(11)8(6)10(14)12-5/h2-3,5,13H,4H2,1H3,(H,12,14)/t5-/m1/s1. The first-order chi connectivity index (χ1) is 6.59. The third-order valence-corrected chi connectivity index (χ3v) is 2.72. The molecule has 0 bridgehead atoms. The number of hydrogen-bond acceptors (Lipinski definition) is 2. The maximum atomic E-state index is 11.6. The molecule has 0 aromatic heterocycles. The molecule has 74 valence electrons. The van der Waals surface area contributed by atoms with Crippen LogP contribution >= 0.6 is 11.6 Å². The van der Waals surface area contributed by atoms with Crippen molar-refractivity contribution in [3.05, 3.63) is 28.3 Å². The number of rotatable bonds is 0. The van der Waals surface area contributed by atoms with Crippen molar-refractivity contribution < 1.29 is 9.90 Å². The fourth-order valence-corrected chi connectivity index (χ4v) is 1.97. The van der Waals surface area contributed by atoms with Gasteiger partial charge in [-0.1, -0.05) is 17.7 Å². The van der Waals surface area contributed by atoms with E-state index >= 15 is 0 Å². The van der Waals surface area contributed by atoms with Crippen LogP contribution in [0.25, 0.3) is 0 Å². The van der Waals surface area contributed by atoms with Gasteiger partial charge in [-0.15, -0.1) is 0 Å². The lowest BCUT2D eigenvalue weighted by Gasteiger charge is -2.23. The molecular formula is C10H10ClNO2. The maximum absolute atomic E-state index is 11.6. The van der Waals surface area contributed by atoms with Crippen molar-refractivity contribution in [3.8, 4) is 5.75 Å². The van der Waals surface area contributed by atoms with Gasteiger partial charge in [-0.3, -0.25) is 4.79 Å². The molecule has 0 saturated heterocycles. The lowest BCUT2D eigenvalue weighted by atomic mass is 9.96. The summed E-state index contributed by atoms with van der Waals surface area (Å²) in [5.74, 6) is -0.255. The number of carbonyl (C=O) groups is 1. The average molecular weight is 212 g/mol. The molecule has 0 radical (unpaired) electrons. The van der Waals surface area contributed by atoms with Crippen LogP contribution < -0.4 is 5.32 Å². The largest absolute Gasteiger partial charge is 0.506 e. The van der Waals surface area contributed by atoms with Gasteiger partial charge in [0.05, 0.1) is 10.6 Å². The number of hydrogen-bond donors (Lipinski definition) is 2. The highest BCUT2D eigenvalue weighted by Gasteiger charge is 2.25. The molecule has 1 amide bonds. The zero-order chi connectivity index (χ0) is 10.3. The Labute approximate surface area is 86.7 Å². The molecule has 1 aliphatic rings. The minimum atomic E-state index is -0.209. The lowest BCUT2D eigenvalue weighted by Crippen LogP contribution is -2.39. The van der Waals surface area contributed by atoms with Crippen LogP contribution in [0, 0.1) is 0 Å². The Morgan fingerprint density at radius 3 is 3.00 bits per heavy atom. The summed E-state index contributed by atoms with van der Waals surface area (Å²) in [6.07, 6.45) is 0.751. The van der Waals surface area contributed by atoms with Gasteiger partial charge in [0.25, 0.3) is 5.91 Å². The summed E-state index contributed by atoms with van der Waals surface area (Å²) in [4.78, 5) is 11.6. The highest BCUT2D eigenvalue weighted by atomic mass is 35.5. The zero-order valence-corrected chi connectivity index (χ0v) is 8.43. The second-order valence-electron chi connectivity index (χ2n) is 3.51. The Morgan fingerprint density at radius 1 is 1.57 bits per heavy atom. The second kappa shape index (κ2) is 3.17. The maximum Gasteiger partial charge on any atom is 0.253 e. The van der Waals surface area contributed by atoms with Crippen molar-refractivity contribution in [1.29, 1.82) is 0 Å². The van der Waals surface area contributed by atoms with Crippen molar-refractivity contribution in [2.75, 3.05) is 0 Å². The van der Waals surface area contributed by atoms with Crippen LogP contribution in [0.5, 0.6) is 5.75 Å². The van der Waals surface area contributed by atoms with Gasteiger partial charge in [0.1, 0.15) is 5.75 Å². The summed E-state index contributed by atoms with van der Waals surface area (Å²) in [6, 6.07) is 3.38. The van der Waals surface area contributed by atoms with Crippen LogP contribution in [0.2, 0.25) is 5.02 Å². The first-order valence-electron chi connectivity index (χ1n) is 4.41. The average Bonchev–Trinajstić information content (AvgIpc) is 2.10. The lowest BCUT2D eigenvalue weighted by molar-refractivity contribution is 0.0929. The van der Waals surface area contributed by atoms with Gasteiger partial charge < -0.3 is 10.4 Å². The van der Waals surface area contributed by atoms with Gasteiger partial charge >= 0.3 is 0 Å². The van der Waals surface area contributed by atoms with E-state index in [0.717, 1.165) is 12.0 Å². The predicted molar refractivity (Wildman–Crippen MR) is 53.7 cm³/mol. The molecule has 1 aliphatic heterocycles. The Hall–Kier alpha value is -1.22. The Balaban J connectivity index is 2.60. The third-order valence-electron chi connectivity index (χ3n) is 2.34. The van der Waals surface area contributed by atoms with E-state index in [2.05, 4.69) is 5.32 Å². The van der Waals surface area contributed by atoms with Gasteiger partial charge in [-0.2, -0.15) is 0 Å². The molecule has 0 aliphatic carbocycles. The molecule has 0 spiro atoms. The van der Waals surface area contributed by atoms with Crippen molar-refractivity contribution >= 4 is 17.5 Å². The third kappa shape index (κ3) is 1.34. The number of nitrogens with one attached hydrogen (secondary N) is 1. The molecule has 3 nitrogen and oxygen atoms in total. The number of amides is 1. The Kier molecular flexibility index (Phi) is 2.11. The second-order valence-corrected chi connectivity index (χ2v) is 3.89. The highest BCUT2D eigenvalue weighted by Crippen LogP contribution is 2.31. The van der Waals surface area contributed by atoms with E-state index in [9.17, 15) is 9.90 Å².